The third-order valence-corrected chi connectivity index (χ3v) is 6.56. The van der Waals surface area contributed by atoms with Gasteiger partial charge in [0.2, 0.25) is 10.0 Å². The van der Waals surface area contributed by atoms with Crippen LogP contribution in [0.5, 0.6) is 0 Å². The molecule has 2 heterocycles. The van der Waals surface area contributed by atoms with E-state index in [9.17, 15) is 13.2 Å². The molecule has 2 fully saturated rings. The number of nitrogens with zero attached hydrogens (tertiary/aromatic N) is 2. The number of carbonyl (C=O) groups excluding carboxylic acids is 1. The van der Waals surface area contributed by atoms with Gasteiger partial charge in [0.15, 0.2) is 6.10 Å². The lowest BCUT2D eigenvalue weighted by Crippen LogP contribution is -2.70. The highest BCUT2D eigenvalue weighted by Crippen LogP contribution is 2.36. The summed E-state index contributed by atoms with van der Waals surface area (Å²) in [6.07, 6.45) is 1.23. The SMILES string of the molecule is CCS(=O)(=O)N1CCC([C@H]2[C@@H](OC)C(=O)N2C(C)C)CC1. The largest absolute Gasteiger partial charge is 0.369 e. The monoisotopic (exact) mass is 318 g/mol. The van der Waals surface area contributed by atoms with Crippen LogP contribution in [0.2, 0.25) is 0 Å². The standard InChI is InChI=1S/C14H26N2O4S/c1-5-21(18,19)15-8-6-11(7-9-15)12-13(20-4)14(17)16(12)10(2)3/h10-13H,5-9H2,1-4H3/t12-,13+/m0/s1. The van der Waals surface area contributed by atoms with E-state index in [0.717, 1.165) is 12.8 Å². The predicted molar refractivity (Wildman–Crippen MR) is 80.3 cm³/mol. The minimum absolute atomic E-state index is 0.0566. The molecule has 0 unspecified atom stereocenters. The Hall–Kier alpha value is -0.660. The smallest absolute Gasteiger partial charge is 0.254 e. The van der Waals surface area contributed by atoms with Crippen LogP contribution in [-0.4, -0.2) is 67.7 Å². The number of carbonyl (C=O) groups is 1. The van der Waals surface area contributed by atoms with Gasteiger partial charge in [0, 0.05) is 26.2 Å². The average Bonchev–Trinajstić information content (AvgIpc) is 2.44. The van der Waals surface area contributed by atoms with Gasteiger partial charge in [0.25, 0.3) is 5.91 Å². The molecule has 0 aromatic rings. The maximum absolute atomic E-state index is 12.1. The molecule has 0 bridgehead atoms. The molecule has 0 spiro atoms. The average molecular weight is 318 g/mol. The van der Waals surface area contributed by atoms with Crippen LogP contribution in [0, 0.1) is 5.92 Å². The molecule has 2 rings (SSSR count). The molecular formula is C14H26N2O4S. The van der Waals surface area contributed by atoms with Crippen LogP contribution in [0.4, 0.5) is 0 Å². The number of piperidine rings is 1. The van der Waals surface area contributed by atoms with Crippen molar-refractivity contribution in [3.8, 4) is 0 Å². The number of likely N-dealkylation sites (tertiary alicyclic amines) is 1. The van der Waals surface area contributed by atoms with Crippen LogP contribution < -0.4 is 0 Å². The summed E-state index contributed by atoms with van der Waals surface area (Å²) in [5.41, 5.74) is 0. The minimum atomic E-state index is -3.10. The second kappa shape index (κ2) is 6.22. The molecule has 7 heteroatoms. The maximum Gasteiger partial charge on any atom is 0.254 e. The van der Waals surface area contributed by atoms with Gasteiger partial charge < -0.3 is 9.64 Å². The summed E-state index contributed by atoms with van der Waals surface area (Å²) in [4.78, 5) is 13.9. The van der Waals surface area contributed by atoms with Crippen LogP contribution in [0.15, 0.2) is 0 Å². The Morgan fingerprint density at radius 3 is 2.29 bits per heavy atom. The molecule has 2 saturated heterocycles. The highest BCUT2D eigenvalue weighted by molar-refractivity contribution is 7.89. The van der Waals surface area contributed by atoms with Crippen LogP contribution in [-0.2, 0) is 19.6 Å². The summed E-state index contributed by atoms with van der Waals surface area (Å²) in [6, 6.07) is 0.250. The van der Waals surface area contributed by atoms with E-state index in [1.54, 1.807) is 18.3 Å². The number of sulfonamides is 1. The van der Waals surface area contributed by atoms with Gasteiger partial charge in [-0.2, -0.15) is 0 Å². The topological polar surface area (TPSA) is 66.9 Å². The Morgan fingerprint density at radius 1 is 1.29 bits per heavy atom. The highest BCUT2D eigenvalue weighted by atomic mass is 32.2. The molecule has 0 aromatic carbocycles. The maximum atomic E-state index is 12.1. The van der Waals surface area contributed by atoms with Gasteiger partial charge in [-0.3, -0.25) is 4.79 Å². The van der Waals surface area contributed by atoms with Gasteiger partial charge in [0.05, 0.1) is 11.8 Å². The Kier molecular flexibility index (Phi) is 4.95. The van der Waals surface area contributed by atoms with E-state index in [1.807, 2.05) is 18.7 Å². The van der Waals surface area contributed by atoms with Crippen molar-refractivity contribution in [3.63, 3.8) is 0 Å². The van der Waals surface area contributed by atoms with E-state index >= 15 is 0 Å². The van der Waals surface area contributed by atoms with Crippen molar-refractivity contribution in [2.45, 2.75) is 51.8 Å². The zero-order chi connectivity index (χ0) is 15.8. The summed E-state index contributed by atoms with van der Waals surface area (Å²) in [6.45, 7) is 6.79. The van der Waals surface area contributed by atoms with E-state index in [4.69, 9.17) is 4.74 Å². The summed E-state index contributed by atoms with van der Waals surface area (Å²) in [5, 5.41) is 0. The molecule has 6 nitrogen and oxygen atoms in total. The molecule has 0 saturated carbocycles. The van der Waals surface area contributed by atoms with E-state index < -0.39 is 10.0 Å². The second-order valence-electron chi connectivity index (χ2n) is 6.12. The van der Waals surface area contributed by atoms with Crippen molar-refractivity contribution in [2.75, 3.05) is 26.0 Å². The number of amides is 1. The molecular weight excluding hydrogens is 292 g/mol. The number of ether oxygens (including phenoxy) is 1. The number of hydrogen-bond acceptors (Lipinski definition) is 4. The van der Waals surface area contributed by atoms with Crippen molar-refractivity contribution >= 4 is 15.9 Å². The van der Waals surface area contributed by atoms with Gasteiger partial charge in [-0.25, -0.2) is 12.7 Å². The first kappa shape index (κ1) is 16.7. The lowest BCUT2D eigenvalue weighted by molar-refractivity contribution is -0.181. The number of β-lactam (4-membered cyclic amide) rings is 1. The van der Waals surface area contributed by atoms with Gasteiger partial charge >= 0.3 is 0 Å². The van der Waals surface area contributed by atoms with E-state index in [-0.39, 0.29) is 29.8 Å². The predicted octanol–water partition coefficient (Wildman–Crippen LogP) is 0.682. The van der Waals surface area contributed by atoms with Gasteiger partial charge in [-0.15, -0.1) is 0 Å². The number of rotatable bonds is 5. The number of methoxy groups -OCH3 is 1. The minimum Gasteiger partial charge on any atom is -0.369 e. The fourth-order valence-corrected chi connectivity index (χ4v) is 4.63. The summed E-state index contributed by atoms with van der Waals surface area (Å²) >= 11 is 0. The van der Waals surface area contributed by atoms with Gasteiger partial charge in [-0.1, -0.05) is 0 Å². The Labute approximate surface area is 127 Å². The lowest BCUT2D eigenvalue weighted by atomic mass is 9.79. The third kappa shape index (κ3) is 2.96. The van der Waals surface area contributed by atoms with E-state index in [0.29, 0.717) is 19.0 Å². The molecule has 0 N–H and O–H groups in total. The van der Waals surface area contributed by atoms with Crippen molar-refractivity contribution in [1.29, 1.82) is 0 Å². The van der Waals surface area contributed by atoms with Crippen LogP contribution in [0.1, 0.15) is 33.6 Å². The quantitative estimate of drug-likeness (QED) is 0.699. The molecule has 1 amide bonds. The molecule has 0 radical (unpaired) electrons. The highest BCUT2D eigenvalue weighted by Gasteiger charge is 2.52. The molecule has 2 aliphatic heterocycles. The second-order valence-corrected chi connectivity index (χ2v) is 8.38. The third-order valence-electron chi connectivity index (χ3n) is 4.68. The Morgan fingerprint density at radius 2 is 1.86 bits per heavy atom. The first-order chi connectivity index (χ1) is 9.83. The fourth-order valence-electron chi connectivity index (χ4n) is 3.50. The van der Waals surface area contributed by atoms with Crippen molar-refractivity contribution in [1.82, 2.24) is 9.21 Å². The van der Waals surface area contributed by atoms with E-state index in [1.165, 1.54) is 0 Å². The van der Waals surface area contributed by atoms with Gasteiger partial charge in [0.1, 0.15) is 0 Å². The molecule has 2 aliphatic rings. The normalized spacial score (nSPS) is 29.0. The fraction of sp³-hybridized carbons (Fsp3) is 0.929. The molecule has 2 atom stereocenters. The van der Waals surface area contributed by atoms with E-state index in [2.05, 4.69) is 0 Å². The van der Waals surface area contributed by atoms with Gasteiger partial charge in [-0.05, 0) is 39.5 Å². The first-order valence-electron chi connectivity index (χ1n) is 7.66. The molecule has 0 aliphatic carbocycles. The molecule has 122 valence electrons. The zero-order valence-electron chi connectivity index (χ0n) is 13.3. The first-order valence-corrected chi connectivity index (χ1v) is 9.27. The summed E-state index contributed by atoms with van der Waals surface area (Å²) in [5.74, 6) is 0.526. The van der Waals surface area contributed by atoms with Crippen molar-refractivity contribution in [3.05, 3.63) is 0 Å². The summed E-state index contributed by atoms with van der Waals surface area (Å²) < 4.78 is 30.7. The van der Waals surface area contributed by atoms with Crippen LogP contribution in [0.3, 0.4) is 0 Å². The Balaban J connectivity index is 2.02. The number of hydrogen-bond donors (Lipinski definition) is 0. The molecule has 0 aromatic heterocycles. The van der Waals surface area contributed by atoms with Crippen molar-refractivity contribution in [2.24, 2.45) is 5.92 Å². The Bertz CT molecular complexity index is 483. The molecule has 21 heavy (non-hydrogen) atoms. The zero-order valence-corrected chi connectivity index (χ0v) is 14.1. The van der Waals surface area contributed by atoms with Crippen molar-refractivity contribution < 1.29 is 17.9 Å². The summed E-state index contributed by atoms with van der Waals surface area (Å²) in [7, 11) is -1.52. The van der Waals surface area contributed by atoms with Crippen LogP contribution >= 0.6 is 0 Å². The van der Waals surface area contributed by atoms with Crippen LogP contribution in [0.25, 0.3) is 0 Å². The lowest BCUT2D eigenvalue weighted by Gasteiger charge is -2.53.